The molecule has 1 heterocycles. The van der Waals surface area contributed by atoms with Crippen molar-refractivity contribution in [2.24, 2.45) is 16.6 Å². The number of hydrogen-bond acceptors (Lipinski definition) is 4. The highest BCUT2D eigenvalue weighted by Gasteiger charge is 2.17. The fraction of sp³-hybridized carbons (Fsp3) is 0.667. The average molecular weight is 264 g/mol. The Labute approximate surface area is 117 Å². The van der Waals surface area contributed by atoms with Gasteiger partial charge < -0.3 is 11.5 Å². The van der Waals surface area contributed by atoms with E-state index in [1.165, 1.54) is 22.4 Å². The van der Waals surface area contributed by atoms with E-state index in [9.17, 15) is 0 Å². The van der Waals surface area contributed by atoms with Crippen LogP contribution in [0.1, 0.15) is 47.0 Å². The molecule has 0 aromatic rings. The molecule has 0 radical (unpaired) electrons. The molecule has 4 N–H and O–H groups in total. The summed E-state index contributed by atoms with van der Waals surface area (Å²) in [4.78, 5) is 0. The summed E-state index contributed by atoms with van der Waals surface area (Å²) in [7, 11) is 0. The van der Waals surface area contributed by atoms with Gasteiger partial charge in [-0.15, -0.1) is 0 Å². The molecule has 1 rings (SSSR count). The van der Waals surface area contributed by atoms with Crippen molar-refractivity contribution in [2.45, 2.75) is 47.0 Å². The molecule has 0 fully saturated rings. The minimum atomic E-state index is 0.696. The van der Waals surface area contributed by atoms with Crippen LogP contribution >= 0.6 is 0 Å². The Kier molecular flexibility index (Phi) is 6.25. The van der Waals surface area contributed by atoms with Crippen LogP contribution in [0.5, 0.6) is 0 Å². The molecule has 0 spiro atoms. The van der Waals surface area contributed by atoms with Gasteiger partial charge in [0, 0.05) is 12.2 Å². The monoisotopic (exact) mass is 264 g/mol. The minimum Gasteiger partial charge on any atom is -0.330 e. The molecule has 19 heavy (non-hydrogen) atoms. The summed E-state index contributed by atoms with van der Waals surface area (Å²) in [6.45, 7) is 10.9. The molecular formula is C15H28N4. The molecule has 1 aliphatic heterocycles. The zero-order valence-corrected chi connectivity index (χ0v) is 12.8. The lowest BCUT2D eigenvalue weighted by Crippen LogP contribution is -2.21. The van der Waals surface area contributed by atoms with Crippen molar-refractivity contribution in [3.05, 3.63) is 22.4 Å². The van der Waals surface area contributed by atoms with Crippen LogP contribution in [0.4, 0.5) is 0 Å². The second-order valence-electron chi connectivity index (χ2n) is 5.16. The van der Waals surface area contributed by atoms with E-state index in [4.69, 9.17) is 16.6 Å². The third kappa shape index (κ3) is 3.91. The Balaban J connectivity index is 3.07. The Hall–Kier alpha value is -1.13. The maximum absolute atomic E-state index is 5.62. The Morgan fingerprint density at radius 2 is 1.53 bits per heavy atom. The Morgan fingerprint density at radius 1 is 0.895 bits per heavy atom. The van der Waals surface area contributed by atoms with Gasteiger partial charge in [-0.05, 0) is 76.8 Å². The van der Waals surface area contributed by atoms with E-state index in [0.29, 0.717) is 13.1 Å². The van der Waals surface area contributed by atoms with E-state index in [1.54, 1.807) is 0 Å². The first kappa shape index (κ1) is 15.9. The van der Waals surface area contributed by atoms with E-state index < -0.39 is 0 Å². The van der Waals surface area contributed by atoms with E-state index in [1.807, 2.05) is 0 Å². The van der Waals surface area contributed by atoms with Crippen LogP contribution in [0, 0.1) is 0 Å². The molecule has 0 bridgehead atoms. The van der Waals surface area contributed by atoms with Crippen LogP contribution in [-0.4, -0.2) is 30.4 Å². The second-order valence-corrected chi connectivity index (χ2v) is 5.16. The summed E-state index contributed by atoms with van der Waals surface area (Å²) in [5.74, 6) is 0. The van der Waals surface area contributed by atoms with E-state index >= 15 is 0 Å². The molecule has 0 aliphatic carbocycles. The summed E-state index contributed by atoms with van der Waals surface area (Å²) in [5, 5.41) is 6.94. The summed E-state index contributed by atoms with van der Waals surface area (Å²) < 4.78 is 0. The van der Waals surface area contributed by atoms with Crippen LogP contribution < -0.4 is 11.5 Å². The lowest BCUT2D eigenvalue weighted by molar-refractivity contribution is 0.358. The van der Waals surface area contributed by atoms with E-state index in [0.717, 1.165) is 31.5 Å². The largest absolute Gasteiger partial charge is 0.330 e. The van der Waals surface area contributed by atoms with Crippen molar-refractivity contribution in [1.82, 2.24) is 5.01 Å². The highest BCUT2D eigenvalue weighted by molar-refractivity contribution is 6.01. The second kappa shape index (κ2) is 7.46. The van der Waals surface area contributed by atoms with Crippen molar-refractivity contribution in [2.75, 3.05) is 19.6 Å². The first-order chi connectivity index (χ1) is 9.02. The lowest BCUT2D eigenvalue weighted by Gasteiger charge is -2.21. The third-order valence-electron chi connectivity index (χ3n) is 3.92. The number of nitrogens with two attached hydrogens (primary N) is 2. The zero-order chi connectivity index (χ0) is 14.4. The summed E-state index contributed by atoms with van der Waals surface area (Å²) in [6, 6.07) is 0. The van der Waals surface area contributed by atoms with Crippen molar-refractivity contribution < 1.29 is 0 Å². The van der Waals surface area contributed by atoms with Crippen molar-refractivity contribution in [1.29, 1.82) is 0 Å². The standard InChI is InChI=1S/C15H28N4/c1-11-12(2)14(4)19(10-6-9-17)18-15(13(11)3)7-5-8-16/h5-10,16-17H2,1-4H3. The minimum absolute atomic E-state index is 0.696. The molecule has 4 nitrogen and oxygen atoms in total. The van der Waals surface area contributed by atoms with Crippen LogP contribution in [0.3, 0.4) is 0 Å². The van der Waals surface area contributed by atoms with E-state index in [2.05, 4.69) is 32.7 Å². The molecule has 1 aliphatic rings. The van der Waals surface area contributed by atoms with Gasteiger partial charge in [0.25, 0.3) is 0 Å². The van der Waals surface area contributed by atoms with Gasteiger partial charge in [0.1, 0.15) is 0 Å². The van der Waals surface area contributed by atoms with Gasteiger partial charge in [-0.2, -0.15) is 5.10 Å². The van der Waals surface area contributed by atoms with Crippen LogP contribution in [0.15, 0.2) is 27.5 Å². The lowest BCUT2D eigenvalue weighted by atomic mass is 9.97. The molecule has 0 atom stereocenters. The van der Waals surface area contributed by atoms with Gasteiger partial charge in [-0.25, -0.2) is 0 Å². The van der Waals surface area contributed by atoms with E-state index in [-0.39, 0.29) is 0 Å². The molecular weight excluding hydrogens is 236 g/mol. The number of rotatable bonds is 6. The molecule has 0 saturated heterocycles. The first-order valence-electron chi connectivity index (χ1n) is 7.13. The SMILES string of the molecule is CC1=C(C)C(C)=C(C)N(CCCN)N=C1CCCN. The first-order valence-corrected chi connectivity index (χ1v) is 7.13. The molecule has 0 amide bonds. The fourth-order valence-corrected chi connectivity index (χ4v) is 2.22. The average Bonchev–Trinajstić information content (AvgIpc) is 2.49. The highest BCUT2D eigenvalue weighted by Crippen LogP contribution is 2.26. The van der Waals surface area contributed by atoms with Crippen LogP contribution in [-0.2, 0) is 0 Å². The van der Waals surface area contributed by atoms with Gasteiger partial charge in [-0.3, -0.25) is 5.01 Å². The third-order valence-corrected chi connectivity index (χ3v) is 3.92. The summed E-state index contributed by atoms with van der Waals surface area (Å²) >= 11 is 0. The maximum Gasteiger partial charge on any atom is 0.0641 e. The number of allylic oxidation sites excluding steroid dienone is 4. The van der Waals surface area contributed by atoms with Crippen molar-refractivity contribution in [3.8, 4) is 0 Å². The highest BCUT2D eigenvalue weighted by atomic mass is 15.5. The Bertz CT molecular complexity index is 404. The molecule has 0 aromatic carbocycles. The van der Waals surface area contributed by atoms with Crippen LogP contribution in [0.2, 0.25) is 0 Å². The maximum atomic E-state index is 5.62. The van der Waals surface area contributed by atoms with Crippen molar-refractivity contribution in [3.63, 3.8) is 0 Å². The molecule has 4 heteroatoms. The predicted molar refractivity (Wildman–Crippen MR) is 82.8 cm³/mol. The van der Waals surface area contributed by atoms with Gasteiger partial charge in [-0.1, -0.05) is 0 Å². The Morgan fingerprint density at radius 3 is 2.11 bits per heavy atom. The van der Waals surface area contributed by atoms with Gasteiger partial charge in [0.2, 0.25) is 0 Å². The smallest absolute Gasteiger partial charge is 0.0641 e. The van der Waals surface area contributed by atoms with Gasteiger partial charge >= 0.3 is 0 Å². The number of nitrogens with zero attached hydrogens (tertiary/aromatic N) is 2. The van der Waals surface area contributed by atoms with Gasteiger partial charge in [0.15, 0.2) is 0 Å². The molecule has 0 unspecified atom stereocenters. The number of hydrogen-bond donors (Lipinski definition) is 2. The summed E-state index contributed by atoms with van der Waals surface area (Å²) in [5.41, 5.74) is 17.6. The normalized spacial score (nSPS) is 16.9. The predicted octanol–water partition coefficient (Wildman–Crippen LogP) is 2.38. The summed E-state index contributed by atoms with van der Waals surface area (Å²) in [6.07, 6.45) is 2.88. The number of hydrazone groups is 1. The van der Waals surface area contributed by atoms with Gasteiger partial charge in [0.05, 0.1) is 5.71 Å². The quantitative estimate of drug-likeness (QED) is 0.774. The van der Waals surface area contributed by atoms with Crippen LogP contribution in [0.25, 0.3) is 0 Å². The van der Waals surface area contributed by atoms with Crippen molar-refractivity contribution >= 4 is 5.71 Å². The molecule has 0 saturated carbocycles. The fourth-order valence-electron chi connectivity index (χ4n) is 2.22. The zero-order valence-electron chi connectivity index (χ0n) is 12.8. The molecule has 0 aromatic heterocycles. The molecule has 108 valence electrons. The topological polar surface area (TPSA) is 67.6 Å².